The van der Waals surface area contributed by atoms with E-state index in [2.05, 4.69) is 47.9 Å². The van der Waals surface area contributed by atoms with Gasteiger partial charge in [-0.3, -0.25) is 0 Å². The monoisotopic (exact) mass is 202 g/mol. The summed E-state index contributed by atoms with van der Waals surface area (Å²) in [5.74, 6) is 8.71. The molecule has 0 N–H and O–H groups in total. The predicted octanol–water partition coefficient (Wildman–Crippen LogP) is 1.65. The molecule has 0 aliphatic carbocycles. The van der Waals surface area contributed by atoms with Crippen molar-refractivity contribution in [3.63, 3.8) is 0 Å². The molecule has 0 radical (unpaired) electrons. The molecule has 0 aliphatic rings. The highest BCUT2D eigenvalue weighted by atomic mass is 28.3. The number of imidazole rings is 1. The second-order valence-corrected chi connectivity index (χ2v) is 8.89. The van der Waals surface area contributed by atoms with Gasteiger partial charge in [-0.2, -0.15) is 0 Å². The number of aromatic nitrogens is 2. The Morgan fingerprint density at radius 2 is 2.00 bits per heavy atom. The average Bonchev–Trinajstić information content (AvgIpc) is 2.44. The zero-order valence-corrected chi connectivity index (χ0v) is 10.0. The van der Waals surface area contributed by atoms with Gasteiger partial charge in [-0.05, 0) is 17.8 Å². The van der Waals surface area contributed by atoms with E-state index in [4.69, 9.17) is 0 Å². The van der Waals surface area contributed by atoms with Crippen molar-refractivity contribution in [3.05, 3.63) is 18.2 Å². The summed E-state index contributed by atoms with van der Waals surface area (Å²) in [6, 6.07) is 0. The number of nitrogens with zero attached hydrogens (tertiary/aromatic N) is 2. The minimum atomic E-state index is -1.28. The molecular weight excluding hydrogens is 188 g/mol. The summed E-state index contributed by atoms with van der Waals surface area (Å²) in [4.78, 5) is 3.97. The minimum Gasteiger partial charge on any atom is -0.327 e. The first-order chi connectivity index (χ1) is 6.49. The quantitative estimate of drug-likeness (QED) is 0.462. The summed E-state index contributed by atoms with van der Waals surface area (Å²) in [6.45, 7) is 6.60. The molecule has 1 rings (SSSR count). The van der Waals surface area contributed by atoms with Crippen LogP contribution < -0.4 is 0 Å². The molecule has 0 aromatic carbocycles. The molecule has 0 fully saturated rings. The van der Waals surface area contributed by atoms with E-state index < -0.39 is 8.07 Å². The number of hydrogen-bond donors (Lipinski definition) is 0. The molecule has 0 aliphatic heterocycles. The van der Waals surface area contributed by atoms with Gasteiger partial charge in [0, 0.05) is 7.05 Å². The Kier molecular flexibility index (Phi) is 3.17. The molecule has 3 heteroatoms. The molecule has 0 saturated heterocycles. The van der Waals surface area contributed by atoms with Gasteiger partial charge in [-0.25, -0.2) is 4.98 Å². The number of rotatable bonds is 0. The van der Waals surface area contributed by atoms with Crippen LogP contribution in [0, 0.1) is 23.3 Å². The summed E-state index contributed by atoms with van der Waals surface area (Å²) >= 11 is 0. The van der Waals surface area contributed by atoms with Crippen LogP contribution in [0.5, 0.6) is 0 Å². The maximum atomic E-state index is 3.97. The van der Waals surface area contributed by atoms with Gasteiger partial charge < -0.3 is 4.57 Å². The molecule has 1 aromatic rings. The van der Waals surface area contributed by atoms with Crippen molar-refractivity contribution in [2.75, 3.05) is 0 Å². The van der Waals surface area contributed by atoms with Gasteiger partial charge in [0.2, 0.25) is 0 Å². The zero-order valence-electron chi connectivity index (χ0n) is 9.05. The van der Waals surface area contributed by atoms with Gasteiger partial charge in [-0.1, -0.05) is 19.6 Å². The van der Waals surface area contributed by atoms with Gasteiger partial charge in [-0.15, -0.1) is 5.54 Å². The molecular formula is C11H14N2Si. The lowest BCUT2D eigenvalue weighted by atomic mass is 10.4. The fourth-order valence-electron chi connectivity index (χ4n) is 0.792. The van der Waals surface area contributed by atoms with Crippen molar-refractivity contribution >= 4 is 8.07 Å². The van der Waals surface area contributed by atoms with Gasteiger partial charge >= 0.3 is 0 Å². The largest absolute Gasteiger partial charge is 0.327 e. The zero-order chi connectivity index (χ0) is 10.6. The Bertz CT molecular complexity index is 430. The maximum absolute atomic E-state index is 3.97. The first kappa shape index (κ1) is 10.6. The lowest BCUT2D eigenvalue weighted by molar-refractivity contribution is 0.899. The SMILES string of the molecule is Cn1cncc1C#CC#C[Si](C)(C)C. The van der Waals surface area contributed by atoms with E-state index >= 15 is 0 Å². The second-order valence-electron chi connectivity index (χ2n) is 4.14. The highest BCUT2D eigenvalue weighted by Crippen LogP contribution is 1.95. The molecule has 0 spiro atoms. The predicted molar refractivity (Wildman–Crippen MR) is 61.2 cm³/mol. The fraction of sp³-hybridized carbons (Fsp3) is 0.364. The van der Waals surface area contributed by atoms with Crippen LogP contribution in [0.2, 0.25) is 19.6 Å². The Labute approximate surface area is 86.4 Å². The van der Waals surface area contributed by atoms with Crippen molar-refractivity contribution in [2.45, 2.75) is 19.6 Å². The second kappa shape index (κ2) is 4.17. The van der Waals surface area contributed by atoms with Gasteiger partial charge in [0.05, 0.1) is 12.5 Å². The minimum absolute atomic E-state index is 0.898. The lowest BCUT2D eigenvalue weighted by Crippen LogP contribution is -2.16. The molecule has 1 heterocycles. The lowest BCUT2D eigenvalue weighted by Gasteiger charge is -2.01. The van der Waals surface area contributed by atoms with Crippen LogP contribution >= 0.6 is 0 Å². The Hall–Kier alpha value is -1.45. The van der Waals surface area contributed by atoms with Crippen molar-refractivity contribution in [3.8, 4) is 23.3 Å². The Morgan fingerprint density at radius 3 is 2.50 bits per heavy atom. The molecule has 0 atom stereocenters. The Morgan fingerprint density at radius 1 is 1.29 bits per heavy atom. The first-order valence-electron chi connectivity index (χ1n) is 4.48. The molecule has 0 bridgehead atoms. The van der Waals surface area contributed by atoms with E-state index in [0.29, 0.717) is 0 Å². The Balaban J connectivity index is 2.74. The summed E-state index contributed by atoms with van der Waals surface area (Å²) in [6.07, 6.45) is 3.47. The third kappa shape index (κ3) is 3.51. The molecule has 1 aromatic heterocycles. The van der Waals surface area contributed by atoms with Crippen LogP contribution in [0.25, 0.3) is 0 Å². The summed E-state index contributed by atoms with van der Waals surface area (Å²) in [5, 5.41) is 0. The smallest absolute Gasteiger partial charge is 0.130 e. The third-order valence-corrected chi connectivity index (χ3v) is 2.38. The van der Waals surface area contributed by atoms with Crippen molar-refractivity contribution < 1.29 is 0 Å². The van der Waals surface area contributed by atoms with Gasteiger partial charge in [0.1, 0.15) is 13.8 Å². The van der Waals surface area contributed by atoms with Crippen molar-refractivity contribution in [1.82, 2.24) is 9.55 Å². The standard InChI is InChI=1S/C11H14N2Si/c1-13-10-12-9-11(13)7-5-6-8-14(2,3)4/h9-10H,1-4H3. The van der Waals surface area contributed by atoms with Crippen LogP contribution in [-0.4, -0.2) is 17.6 Å². The normalized spacial score (nSPS) is 9.71. The fourth-order valence-corrected chi connectivity index (χ4v) is 1.23. The molecule has 2 nitrogen and oxygen atoms in total. The van der Waals surface area contributed by atoms with E-state index in [1.165, 1.54) is 0 Å². The first-order valence-corrected chi connectivity index (χ1v) is 7.98. The number of aryl methyl sites for hydroxylation is 1. The molecule has 0 saturated carbocycles. The molecule has 0 amide bonds. The van der Waals surface area contributed by atoms with E-state index in [0.717, 1.165) is 5.69 Å². The highest BCUT2D eigenvalue weighted by Gasteiger charge is 2.06. The summed E-state index contributed by atoms with van der Waals surface area (Å²) in [7, 11) is 0.641. The number of hydrogen-bond acceptors (Lipinski definition) is 1. The average molecular weight is 202 g/mol. The van der Waals surface area contributed by atoms with Crippen LogP contribution in [0.3, 0.4) is 0 Å². The van der Waals surface area contributed by atoms with E-state index in [9.17, 15) is 0 Å². The van der Waals surface area contributed by atoms with Crippen LogP contribution in [0.1, 0.15) is 5.69 Å². The van der Waals surface area contributed by atoms with Crippen LogP contribution in [-0.2, 0) is 7.05 Å². The maximum Gasteiger partial charge on any atom is 0.130 e. The van der Waals surface area contributed by atoms with Crippen LogP contribution in [0.15, 0.2) is 12.5 Å². The van der Waals surface area contributed by atoms with Crippen LogP contribution in [0.4, 0.5) is 0 Å². The topological polar surface area (TPSA) is 17.8 Å². The van der Waals surface area contributed by atoms with Gasteiger partial charge in [0.15, 0.2) is 0 Å². The molecule has 14 heavy (non-hydrogen) atoms. The third-order valence-electron chi connectivity index (χ3n) is 1.51. The molecule has 0 unspecified atom stereocenters. The highest BCUT2D eigenvalue weighted by molar-refractivity contribution is 6.83. The van der Waals surface area contributed by atoms with E-state index in [1.54, 1.807) is 12.5 Å². The van der Waals surface area contributed by atoms with Gasteiger partial charge in [0.25, 0.3) is 0 Å². The summed E-state index contributed by atoms with van der Waals surface area (Å²) in [5.41, 5.74) is 4.09. The van der Waals surface area contributed by atoms with E-state index in [1.807, 2.05) is 11.6 Å². The molecule has 72 valence electrons. The van der Waals surface area contributed by atoms with E-state index in [-0.39, 0.29) is 0 Å². The van der Waals surface area contributed by atoms with Crippen molar-refractivity contribution in [2.24, 2.45) is 7.05 Å². The summed E-state index contributed by atoms with van der Waals surface area (Å²) < 4.78 is 1.88. The van der Waals surface area contributed by atoms with Crippen molar-refractivity contribution in [1.29, 1.82) is 0 Å².